The topological polar surface area (TPSA) is 49.2 Å². The number of hydrogen-bond acceptors (Lipinski definition) is 4. The Morgan fingerprint density at radius 2 is 1.96 bits per heavy atom. The second-order valence-corrected chi connectivity index (χ2v) is 5.52. The Labute approximate surface area is 141 Å². The number of aromatic nitrogens is 2. The van der Waals surface area contributed by atoms with Crippen molar-refractivity contribution in [3.05, 3.63) is 66.0 Å². The van der Waals surface area contributed by atoms with Gasteiger partial charge in [-0.05, 0) is 48.6 Å². The Balaban J connectivity index is 1.73. The second kappa shape index (κ2) is 6.84. The summed E-state index contributed by atoms with van der Waals surface area (Å²) < 4.78 is 0. The molecule has 0 aliphatic carbocycles. The van der Waals surface area contributed by atoms with E-state index in [1.54, 1.807) is 30.5 Å². The molecule has 0 fully saturated rings. The van der Waals surface area contributed by atoms with Crippen LogP contribution in [0.15, 0.2) is 54.7 Å². The van der Waals surface area contributed by atoms with Gasteiger partial charge in [-0.2, -0.15) is 0 Å². The van der Waals surface area contributed by atoms with Crippen molar-refractivity contribution in [1.29, 1.82) is 0 Å². The second-order valence-electron chi connectivity index (χ2n) is 5.52. The number of aromatic hydroxyl groups is 1. The predicted molar refractivity (Wildman–Crippen MR) is 97.9 cm³/mol. The van der Waals surface area contributed by atoms with E-state index in [1.807, 2.05) is 49.3 Å². The minimum atomic E-state index is 0.243. The van der Waals surface area contributed by atoms with Gasteiger partial charge in [0.2, 0.25) is 0 Å². The summed E-state index contributed by atoms with van der Waals surface area (Å²) in [5, 5.41) is 10.4. The molecule has 0 atom stereocenters. The molecule has 0 saturated carbocycles. The van der Waals surface area contributed by atoms with Crippen molar-refractivity contribution in [3.8, 4) is 17.6 Å². The number of allylic oxidation sites excluding steroid dienone is 1. The molecule has 0 spiro atoms. The fourth-order valence-corrected chi connectivity index (χ4v) is 2.20. The van der Waals surface area contributed by atoms with Gasteiger partial charge in [-0.1, -0.05) is 17.9 Å². The Morgan fingerprint density at radius 1 is 1.08 bits per heavy atom. The van der Waals surface area contributed by atoms with Crippen LogP contribution >= 0.6 is 0 Å². The summed E-state index contributed by atoms with van der Waals surface area (Å²) in [5.41, 5.74) is 2.53. The molecule has 0 amide bonds. The predicted octanol–water partition coefficient (Wildman–Crippen LogP) is 3.47. The lowest BCUT2D eigenvalue weighted by Crippen LogP contribution is -2.10. The molecule has 0 aliphatic rings. The molecule has 4 heteroatoms. The first-order valence-electron chi connectivity index (χ1n) is 7.53. The molecule has 4 nitrogen and oxygen atoms in total. The molecule has 0 saturated heterocycles. The highest BCUT2D eigenvalue weighted by molar-refractivity contribution is 5.81. The molecule has 0 bridgehead atoms. The maximum atomic E-state index is 9.46. The van der Waals surface area contributed by atoms with Crippen LogP contribution in [0.25, 0.3) is 17.0 Å². The highest BCUT2D eigenvalue weighted by atomic mass is 16.3. The van der Waals surface area contributed by atoms with Crippen molar-refractivity contribution in [2.45, 2.75) is 0 Å². The average molecular weight is 314 g/mol. The molecule has 3 rings (SSSR count). The number of fused-ring (bicyclic) bond motifs is 1. The molecule has 0 radical (unpaired) electrons. The third-order valence-corrected chi connectivity index (χ3v) is 3.45. The van der Waals surface area contributed by atoms with Crippen LogP contribution in [-0.2, 0) is 0 Å². The van der Waals surface area contributed by atoms with Gasteiger partial charge in [0.15, 0.2) is 0 Å². The molecule has 0 unspecified atom stereocenters. The average Bonchev–Trinajstić information content (AvgIpc) is 2.59. The van der Waals surface area contributed by atoms with Crippen LogP contribution in [0.5, 0.6) is 5.75 Å². The summed E-state index contributed by atoms with van der Waals surface area (Å²) in [6, 6.07) is 12.8. The van der Waals surface area contributed by atoms with E-state index in [9.17, 15) is 5.11 Å². The zero-order valence-electron chi connectivity index (χ0n) is 13.6. The van der Waals surface area contributed by atoms with Gasteiger partial charge >= 0.3 is 0 Å². The van der Waals surface area contributed by atoms with E-state index in [-0.39, 0.29) is 5.75 Å². The molecule has 3 aromatic rings. The summed E-state index contributed by atoms with van der Waals surface area (Å²) in [6.07, 6.45) is 5.40. The van der Waals surface area contributed by atoms with Crippen molar-refractivity contribution < 1.29 is 5.11 Å². The van der Waals surface area contributed by atoms with Gasteiger partial charge in [0.1, 0.15) is 11.6 Å². The van der Waals surface area contributed by atoms with Crippen molar-refractivity contribution >= 4 is 22.8 Å². The van der Waals surface area contributed by atoms with E-state index in [0.717, 1.165) is 28.0 Å². The van der Waals surface area contributed by atoms with E-state index in [0.29, 0.717) is 0 Å². The monoisotopic (exact) mass is 314 g/mol. The molecule has 118 valence electrons. The molecule has 1 aromatic carbocycles. The van der Waals surface area contributed by atoms with Crippen molar-refractivity contribution in [3.63, 3.8) is 0 Å². The molecule has 2 aromatic heterocycles. The molecule has 0 aliphatic heterocycles. The lowest BCUT2D eigenvalue weighted by atomic mass is 10.2. The fraction of sp³-hybridized carbons (Fsp3) is 0.100. The van der Waals surface area contributed by atoms with Gasteiger partial charge in [0.25, 0.3) is 0 Å². The highest BCUT2D eigenvalue weighted by Gasteiger charge is 1.97. The van der Waals surface area contributed by atoms with Crippen LogP contribution in [0, 0.1) is 11.8 Å². The van der Waals surface area contributed by atoms with E-state index >= 15 is 0 Å². The summed E-state index contributed by atoms with van der Waals surface area (Å²) >= 11 is 0. The first-order chi connectivity index (χ1) is 11.6. The van der Waals surface area contributed by atoms with Crippen LogP contribution < -0.4 is 4.90 Å². The molecular formula is C20H17N3O. The van der Waals surface area contributed by atoms with Crippen LogP contribution in [0.4, 0.5) is 5.82 Å². The molecule has 2 heterocycles. The van der Waals surface area contributed by atoms with E-state index in [2.05, 4.69) is 21.8 Å². The summed E-state index contributed by atoms with van der Waals surface area (Å²) in [5.74, 6) is 7.19. The number of rotatable bonds is 2. The number of phenolic OH excluding ortho intramolecular Hbond substituents is 1. The standard InChI is InChI=1S/C20H17N3O/c1-23(2)20-12-7-15(14-21-20)5-3-4-6-17-9-8-16-13-18(24)10-11-19(16)22-17/h4,6-14,24H,1-2H3/b6-4+/i1-1. The molecule has 1 N–H and O–H groups in total. The lowest BCUT2D eigenvalue weighted by Gasteiger charge is -2.09. The largest absolute Gasteiger partial charge is 0.508 e. The van der Waals surface area contributed by atoms with Crippen LogP contribution in [-0.4, -0.2) is 29.2 Å². The Morgan fingerprint density at radius 3 is 2.71 bits per heavy atom. The van der Waals surface area contributed by atoms with Gasteiger partial charge in [-0.25, -0.2) is 9.97 Å². The SMILES string of the molecule is CN([11CH3])c1ccc(C#C/C=C/c2ccc3cc(O)ccc3n2)cn1. The number of phenols is 1. The van der Waals surface area contributed by atoms with E-state index < -0.39 is 0 Å². The quantitative estimate of drug-likeness (QED) is 0.736. The molecule has 24 heavy (non-hydrogen) atoms. The fourth-order valence-electron chi connectivity index (χ4n) is 2.20. The van der Waals surface area contributed by atoms with Crippen LogP contribution in [0.1, 0.15) is 11.3 Å². The summed E-state index contributed by atoms with van der Waals surface area (Å²) in [6.45, 7) is 0. The van der Waals surface area contributed by atoms with Crippen LogP contribution in [0.3, 0.4) is 0 Å². The number of hydrogen-bond donors (Lipinski definition) is 1. The summed E-state index contributed by atoms with van der Waals surface area (Å²) in [7, 11) is 3.91. The highest BCUT2D eigenvalue weighted by Crippen LogP contribution is 2.18. The molecular weight excluding hydrogens is 297 g/mol. The van der Waals surface area contributed by atoms with Crippen LogP contribution in [0.2, 0.25) is 0 Å². The van der Waals surface area contributed by atoms with E-state index in [1.165, 1.54) is 0 Å². The number of anilines is 1. The number of benzene rings is 1. The summed E-state index contributed by atoms with van der Waals surface area (Å²) in [4.78, 5) is 10.8. The Kier molecular flexibility index (Phi) is 4.44. The van der Waals surface area contributed by atoms with Crippen molar-refractivity contribution in [2.24, 2.45) is 0 Å². The van der Waals surface area contributed by atoms with Crippen molar-refractivity contribution in [1.82, 2.24) is 9.97 Å². The zero-order chi connectivity index (χ0) is 16.9. The van der Waals surface area contributed by atoms with Gasteiger partial charge in [0, 0.05) is 31.2 Å². The minimum Gasteiger partial charge on any atom is -0.508 e. The maximum absolute atomic E-state index is 9.46. The number of pyridine rings is 2. The van der Waals surface area contributed by atoms with Gasteiger partial charge < -0.3 is 10.0 Å². The Hall–Kier alpha value is -3.32. The number of nitrogens with zero attached hydrogens (tertiary/aromatic N) is 3. The van der Waals surface area contributed by atoms with Crippen molar-refractivity contribution in [2.75, 3.05) is 19.0 Å². The maximum Gasteiger partial charge on any atom is 0.128 e. The lowest BCUT2D eigenvalue weighted by molar-refractivity contribution is 0.476. The third-order valence-electron chi connectivity index (χ3n) is 3.45. The third kappa shape index (κ3) is 3.71. The van der Waals surface area contributed by atoms with Gasteiger partial charge in [-0.15, -0.1) is 0 Å². The zero-order valence-corrected chi connectivity index (χ0v) is 13.6. The first-order valence-corrected chi connectivity index (χ1v) is 7.53. The smallest absolute Gasteiger partial charge is 0.128 e. The van der Waals surface area contributed by atoms with Gasteiger partial charge in [-0.3, -0.25) is 0 Å². The normalized spacial score (nSPS) is 10.6. The minimum absolute atomic E-state index is 0.243. The Bertz CT molecular complexity index is 948. The van der Waals surface area contributed by atoms with E-state index in [4.69, 9.17) is 0 Å². The first kappa shape index (κ1) is 15.6. The van der Waals surface area contributed by atoms with Gasteiger partial charge in [0.05, 0.1) is 11.2 Å².